The number of hydrogen-bond acceptors (Lipinski definition) is 5. The van der Waals surface area contributed by atoms with Crippen molar-refractivity contribution >= 4 is 5.97 Å². The Morgan fingerprint density at radius 2 is 1.92 bits per heavy atom. The van der Waals surface area contributed by atoms with Crippen LogP contribution in [0.25, 0.3) is 11.3 Å². The maximum absolute atomic E-state index is 14.9. The van der Waals surface area contributed by atoms with Gasteiger partial charge in [-0.25, -0.2) is 9.18 Å². The zero-order chi connectivity index (χ0) is 17.8. The highest BCUT2D eigenvalue weighted by Gasteiger charge is 2.22. The van der Waals surface area contributed by atoms with Crippen LogP contribution in [0.2, 0.25) is 0 Å². The molecule has 0 spiro atoms. The molecule has 0 amide bonds. The van der Waals surface area contributed by atoms with E-state index in [0.717, 1.165) is 11.6 Å². The summed E-state index contributed by atoms with van der Waals surface area (Å²) in [6, 6.07) is 13.4. The molecule has 6 nitrogen and oxygen atoms in total. The lowest BCUT2D eigenvalue weighted by Gasteiger charge is -2.12. The summed E-state index contributed by atoms with van der Waals surface area (Å²) in [7, 11) is 1.37. The Morgan fingerprint density at radius 3 is 2.56 bits per heavy atom. The van der Waals surface area contributed by atoms with Gasteiger partial charge in [-0.3, -0.25) is 0 Å². The number of hydrogen-bond donors (Lipinski definition) is 1. The van der Waals surface area contributed by atoms with Crippen molar-refractivity contribution in [3.8, 4) is 22.8 Å². The third-order valence-electron chi connectivity index (χ3n) is 3.50. The summed E-state index contributed by atoms with van der Waals surface area (Å²) < 4.78 is 30.5. The first-order valence-corrected chi connectivity index (χ1v) is 7.33. The molecule has 128 valence electrons. The summed E-state index contributed by atoms with van der Waals surface area (Å²) in [5.74, 6) is -1.88. The lowest BCUT2D eigenvalue weighted by atomic mass is 10.1. The van der Waals surface area contributed by atoms with E-state index in [2.05, 4.69) is 5.16 Å². The smallest absolute Gasteiger partial charge is 0.358 e. The van der Waals surface area contributed by atoms with Crippen molar-refractivity contribution in [1.82, 2.24) is 5.16 Å². The van der Waals surface area contributed by atoms with Gasteiger partial charge in [0.05, 0.1) is 7.11 Å². The van der Waals surface area contributed by atoms with Crippen LogP contribution in [0, 0.1) is 5.82 Å². The molecule has 3 rings (SSSR count). The minimum absolute atomic E-state index is 0.00655. The lowest BCUT2D eigenvalue weighted by molar-refractivity contribution is 0.0686. The molecule has 0 aliphatic rings. The van der Waals surface area contributed by atoms with Crippen LogP contribution in [0.1, 0.15) is 16.1 Å². The SMILES string of the molecule is COc1ccc(OCc2ccccc2)c(F)c1-c1cc(C(=O)O)no1. The summed E-state index contributed by atoms with van der Waals surface area (Å²) in [5, 5.41) is 12.3. The normalized spacial score (nSPS) is 10.5. The molecule has 0 saturated heterocycles. The minimum atomic E-state index is -1.27. The van der Waals surface area contributed by atoms with Crippen LogP contribution in [0.3, 0.4) is 0 Å². The first kappa shape index (κ1) is 16.5. The average molecular weight is 343 g/mol. The molecule has 0 bridgehead atoms. The van der Waals surface area contributed by atoms with E-state index < -0.39 is 11.8 Å². The summed E-state index contributed by atoms with van der Waals surface area (Å²) in [4.78, 5) is 10.9. The number of methoxy groups -OCH3 is 1. The highest BCUT2D eigenvalue weighted by molar-refractivity contribution is 5.87. The first-order valence-electron chi connectivity index (χ1n) is 7.33. The van der Waals surface area contributed by atoms with Gasteiger partial charge in [0, 0.05) is 6.07 Å². The predicted octanol–water partition coefficient (Wildman–Crippen LogP) is 3.77. The second kappa shape index (κ2) is 7.04. The second-order valence-electron chi connectivity index (χ2n) is 5.11. The van der Waals surface area contributed by atoms with Gasteiger partial charge >= 0.3 is 5.97 Å². The third kappa shape index (κ3) is 3.45. The van der Waals surface area contributed by atoms with Gasteiger partial charge in [-0.05, 0) is 17.7 Å². The average Bonchev–Trinajstić information content (AvgIpc) is 3.11. The number of carboxylic acid groups (broad SMARTS) is 1. The van der Waals surface area contributed by atoms with E-state index >= 15 is 0 Å². The number of aromatic carboxylic acids is 1. The van der Waals surface area contributed by atoms with E-state index in [-0.39, 0.29) is 35.1 Å². The van der Waals surface area contributed by atoms with Crippen molar-refractivity contribution in [2.24, 2.45) is 0 Å². The predicted molar refractivity (Wildman–Crippen MR) is 86.2 cm³/mol. The monoisotopic (exact) mass is 343 g/mol. The third-order valence-corrected chi connectivity index (χ3v) is 3.50. The molecular formula is C18H14FNO5. The molecule has 1 N–H and O–H groups in total. The number of benzene rings is 2. The van der Waals surface area contributed by atoms with Crippen molar-refractivity contribution < 1.29 is 28.3 Å². The van der Waals surface area contributed by atoms with Gasteiger partial charge in [0.1, 0.15) is 17.9 Å². The number of carboxylic acids is 1. The van der Waals surface area contributed by atoms with Crippen LogP contribution >= 0.6 is 0 Å². The number of ether oxygens (including phenoxy) is 2. The number of aromatic nitrogens is 1. The molecule has 0 fully saturated rings. The lowest BCUT2D eigenvalue weighted by Crippen LogP contribution is -2.00. The van der Waals surface area contributed by atoms with E-state index in [1.54, 1.807) is 0 Å². The van der Waals surface area contributed by atoms with Gasteiger partial charge in [-0.15, -0.1) is 0 Å². The van der Waals surface area contributed by atoms with Gasteiger partial charge in [-0.2, -0.15) is 0 Å². The van der Waals surface area contributed by atoms with Gasteiger partial charge in [-0.1, -0.05) is 35.5 Å². The molecule has 0 atom stereocenters. The highest BCUT2D eigenvalue weighted by atomic mass is 19.1. The van der Waals surface area contributed by atoms with Crippen LogP contribution in [-0.2, 0) is 6.61 Å². The minimum Gasteiger partial charge on any atom is -0.496 e. The largest absolute Gasteiger partial charge is 0.496 e. The molecule has 0 unspecified atom stereocenters. The number of carbonyl (C=O) groups is 1. The molecule has 0 radical (unpaired) electrons. The van der Waals surface area contributed by atoms with Gasteiger partial charge < -0.3 is 19.1 Å². The molecule has 3 aromatic rings. The van der Waals surface area contributed by atoms with Gasteiger partial charge in [0.2, 0.25) is 0 Å². The van der Waals surface area contributed by atoms with Crippen molar-refractivity contribution in [3.05, 3.63) is 65.6 Å². The molecule has 0 aliphatic heterocycles. The molecule has 0 aliphatic carbocycles. The van der Waals surface area contributed by atoms with Gasteiger partial charge in [0.15, 0.2) is 23.0 Å². The Labute approximate surface area is 142 Å². The van der Waals surface area contributed by atoms with Crippen molar-refractivity contribution in [2.45, 2.75) is 6.61 Å². The van der Waals surface area contributed by atoms with Crippen LogP contribution in [0.4, 0.5) is 4.39 Å². The zero-order valence-corrected chi connectivity index (χ0v) is 13.2. The summed E-state index contributed by atoms with van der Waals surface area (Å²) >= 11 is 0. The fourth-order valence-corrected chi connectivity index (χ4v) is 2.28. The summed E-state index contributed by atoms with van der Waals surface area (Å²) in [6.45, 7) is 0.181. The van der Waals surface area contributed by atoms with E-state index in [4.69, 9.17) is 19.1 Å². The molecule has 1 heterocycles. The molecule has 25 heavy (non-hydrogen) atoms. The Kier molecular flexibility index (Phi) is 4.65. The number of nitrogens with zero attached hydrogens (tertiary/aromatic N) is 1. The van der Waals surface area contributed by atoms with Crippen LogP contribution in [0.5, 0.6) is 11.5 Å². The number of halogens is 1. The maximum atomic E-state index is 14.9. The fourth-order valence-electron chi connectivity index (χ4n) is 2.28. The Balaban J connectivity index is 1.94. The molecule has 2 aromatic carbocycles. The Hall–Kier alpha value is -3.35. The maximum Gasteiger partial charge on any atom is 0.358 e. The van der Waals surface area contributed by atoms with Crippen molar-refractivity contribution in [1.29, 1.82) is 0 Å². The highest BCUT2D eigenvalue weighted by Crippen LogP contribution is 2.37. The van der Waals surface area contributed by atoms with Crippen molar-refractivity contribution in [2.75, 3.05) is 7.11 Å². The van der Waals surface area contributed by atoms with E-state index in [0.29, 0.717) is 0 Å². The van der Waals surface area contributed by atoms with Crippen molar-refractivity contribution in [3.63, 3.8) is 0 Å². The van der Waals surface area contributed by atoms with Gasteiger partial charge in [0.25, 0.3) is 0 Å². The van der Waals surface area contributed by atoms with E-state index in [1.165, 1.54) is 19.2 Å². The topological polar surface area (TPSA) is 81.8 Å². The molecule has 1 aromatic heterocycles. The molecule has 7 heteroatoms. The Bertz CT molecular complexity index is 892. The Morgan fingerprint density at radius 1 is 1.20 bits per heavy atom. The van der Waals surface area contributed by atoms with E-state index in [1.807, 2.05) is 30.3 Å². The first-order chi connectivity index (χ1) is 12.1. The van der Waals surface area contributed by atoms with Crippen LogP contribution < -0.4 is 9.47 Å². The summed E-state index contributed by atoms with van der Waals surface area (Å²) in [5.41, 5.74) is 0.507. The molecular weight excluding hydrogens is 329 g/mol. The van der Waals surface area contributed by atoms with Crippen LogP contribution in [0.15, 0.2) is 53.1 Å². The summed E-state index contributed by atoms with van der Waals surface area (Å²) in [6.07, 6.45) is 0. The van der Waals surface area contributed by atoms with E-state index in [9.17, 15) is 9.18 Å². The molecule has 0 saturated carbocycles. The quantitative estimate of drug-likeness (QED) is 0.734. The number of rotatable bonds is 6. The second-order valence-corrected chi connectivity index (χ2v) is 5.11. The zero-order valence-electron chi connectivity index (χ0n) is 13.2. The standard InChI is InChI=1S/C18H14FNO5/c1-23-13-7-8-14(24-10-11-5-3-2-4-6-11)17(19)16(13)15-9-12(18(21)22)20-25-15/h2-9H,10H2,1H3,(H,21,22). The fraction of sp³-hybridized carbons (Fsp3) is 0.111. The van der Waals surface area contributed by atoms with Crippen LogP contribution in [-0.4, -0.2) is 23.3 Å².